The minimum absolute atomic E-state index is 0.574. The zero-order valence-electron chi connectivity index (χ0n) is 6.18. The monoisotopic (exact) mass is 260 g/mol. The molecule has 1 heterocycles. The van der Waals surface area contributed by atoms with Gasteiger partial charge in [-0.1, -0.05) is 0 Å². The van der Waals surface area contributed by atoms with E-state index in [1.807, 2.05) is 0 Å². The minimum Gasteiger partial charge on any atom is -0.143 e. The van der Waals surface area contributed by atoms with Gasteiger partial charge in [0, 0.05) is 15.1 Å². The number of halogens is 2. The summed E-state index contributed by atoms with van der Waals surface area (Å²) in [6.07, 6.45) is 0. The molecule has 0 bridgehead atoms. The van der Waals surface area contributed by atoms with Gasteiger partial charge in [-0.2, -0.15) is 0 Å². The molecular formula is C9H6BrClS. The first kappa shape index (κ1) is 8.54. The molecule has 1 aromatic heterocycles. The highest BCUT2D eigenvalue weighted by Gasteiger charge is 2.01. The molecule has 3 heteroatoms. The Morgan fingerprint density at radius 2 is 2.25 bits per heavy atom. The van der Waals surface area contributed by atoms with Gasteiger partial charge < -0.3 is 0 Å². The molecule has 1 aromatic carbocycles. The van der Waals surface area contributed by atoms with Gasteiger partial charge >= 0.3 is 0 Å². The molecule has 0 aliphatic carbocycles. The second-order valence-corrected chi connectivity index (χ2v) is 4.59. The van der Waals surface area contributed by atoms with E-state index < -0.39 is 0 Å². The quantitative estimate of drug-likeness (QED) is 0.667. The maximum Gasteiger partial charge on any atom is 0.0485 e. The van der Waals surface area contributed by atoms with E-state index in [-0.39, 0.29) is 0 Å². The van der Waals surface area contributed by atoms with Crippen LogP contribution in [0.1, 0.15) is 5.56 Å². The fourth-order valence-corrected chi connectivity index (χ4v) is 2.92. The number of rotatable bonds is 1. The fraction of sp³-hybridized carbons (Fsp3) is 0.111. The zero-order chi connectivity index (χ0) is 8.55. The molecule has 2 aromatic rings. The largest absolute Gasteiger partial charge is 0.143 e. The van der Waals surface area contributed by atoms with Gasteiger partial charge in [0.05, 0.1) is 0 Å². The number of alkyl halides is 1. The summed E-state index contributed by atoms with van der Waals surface area (Å²) in [5, 5.41) is 3.36. The molecule has 0 N–H and O–H groups in total. The molecule has 0 radical (unpaired) electrons. The van der Waals surface area contributed by atoms with Crippen molar-refractivity contribution in [1.29, 1.82) is 0 Å². The Labute approximate surface area is 88.3 Å². The standard InChI is InChI=1S/C9H6BrClS/c10-8-4-6(5-11)3-7-1-2-12-9(7)8/h1-4H,5H2. The van der Waals surface area contributed by atoms with Crippen LogP contribution in [0.4, 0.5) is 0 Å². The second kappa shape index (κ2) is 3.36. The van der Waals surface area contributed by atoms with Crippen molar-refractivity contribution in [3.63, 3.8) is 0 Å². The van der Waals surface area contributed by atoms with Crippen molar-refractivity contribution in [2.75, 3.05) is 0 Å². The first-order valence-electron chi connectivity index (χ1n) is 3.53. The molecular weight excluding hydrogens is 256 g/mol. The van der Waals surface area contributed by atoms with Gasteiger partial charge in [0.1, 0.15) is 0 Å². The predicted molar refractivity (Wildman–Crippen MR) is 59.1 cm³/mol. The van der Waals surface area contributed by atoms with Crippen LogP contribution >= 0.6 is 38.9 Å². The topological polar surface area (TPSA) is 0 Å². The van der Waals surface area contributed by atoms with Crippen LogP contribution in [0.5, 0.6) is 0 Å². The van der Waals surface area contributed by atoms with Gasteiger partial charge in [0.2, 0.25) is 0 Å². The number of fused-ring (bicyclic) bond motifs is 1. The Hall–Kier alpha value is -0.0500. The number of thiophene rings is 1. The van der Waals surface area contributed by atoms with Gasteiger partial charge in [-0.15, -0.1) is 22.9 Å². The van der Waals surface area contributed by atoms with E-state index >= 15 is 0 Å². The van der Waals surface area contributed by atoms with Crippen LogP contribution in [0, 0.1) is 0 Å². The van der Waals surface area contributed by atoms with Crippen LogP contribution in [0.3, 0.4) is 0 Å². The Bertz CT molecular complexity index is 408. The summed E-state index contributed by atoms with van der Waals surface area (Å²) >= 11 is 11.0. The lowest BCUT2D eigenvalue weighted by Crippen LogP contribution is -1.76. The lowest BCUT2D eigenvalue weighted by atomic mass is 10.2. The Morgan fingerprint density at radius 1 is 1.42 bits per heavy atom. The average Bonchev–Trinajstić information content (AvgIpc) is 2.52. The summed E-state index contributed by atoms with van der Waals surface area (Å²) in [5.74, 6) is 0.574. The van der Waals surface area contributed by atoms with Crippen molar-refractivity contribution in [2.24, 2.45) is 0 Å². The number of hydrogen-bond acceptors (Lipinski definition) is 1. The van der Waals surface area contributed by atoms with Crippen LogP contribution in [-0.4, -0.2) is 0 Å². The fourth-order valence-electron chi connectivity index (χ4n) is 1.17. The molecule has 2 rings (SSSR count). The van der Waals surface area contributed by atoms with Crippen molar-refractivity contribution in [3.8, 4) is 0 Å². The third kappa shape index (κ3) is 1.39. The molecule has 0 unspecified atom stereocenters. The van der Waals surface area contributed by atoms with E-state index in [0.717, 1.165) is 10.0 Å². The van der Waals surface area contributed by atoms with E-state index in [1.165, 1.54) is 10.1 Å². The van der Waals surface area contributed by atoms with Gasteiger partial charge in [0.25, 0.3) is 0 Å². The van der Waals surface area contributed by atoms with Crippen LogP contribution in [0.2, 0.25) is 0 Å². The lowest BCUT2D eigenvalue weighted by molar-refractivity contribution is 1.42. The highest BCUT2D eigenvalue weighted by molar-refractivity contribution is 9.10. The van der Waals surface area contributed by atoms with E-state index in [1.54, 1.807) is 11.3 Å². The molecule has 0 spiro atoms. The van der Waals surface area contributed by atoms with Crippen molar-refractivity contribution >= 4 is 49.0 Å². The normalized spacial score (nSPS) is 10.8. The molecule has 0 saturated heterocycles. The molecule has 0 amide bonds. The minimum atomic E-state index is 0.574. The Kier molecular flexibility index (Phi) is 2.40. The van der Waals surface area contributed by atoms with E-state index in [9.17, 15) is 0 Å². The Morgan fingerprint density at radius 3 is 3.00 bits per heavy atom. The average molecular weight is 262 g/mol. The zero-order valence-corrected chi connectivity index (χ0v) is 9.34. The third-order valence-corrected chi connectivity index (χ3v) is 3.88. The molecule has 0 fully saturated rings. The summed E-state index contributed by atoms with van der Waals surface area (Å²) in [4.78, 5) is 0. The molecule has 12 heavy (non-hydrogen) atoms. The van der Waals surface area contributed by atoms with E-state index in [2.05, 4.69) is 39.5 Å². The van der Waals surface area contributed by atoms with Gasteiger partial charge in [0.15, 0.2) is 0 Å². The van der Waals surface area contributed by atoms with Gasteiger partial charge in [-0.05, 0) is 50.5 Å². The molecule has 0 aliphatic rings. The third-order valence-electron chi connectivity index (χ3n) is 1.72. The van der Waals surface area contributed by atoms with E-state index in [4.69, 9.17) is 11.6 Å². The van der Waals surface area contributed by atoms with Crippen LogP contribution in [-0.2, 0) is 5.88 Å². The summed E-state index contributed by atoms with van der Waals surface area (Å²) in [6.45, 7) is 0. The van der Waals surface area contributed by atoms with Crippen LogP contribution in [0.15, 0.2) is 28.1 Å². The SMILES string of the molecule is ClCc1cc(Br)c2sccc2c1. The number of hydrogen-bond donors (Lipinski definition) is 0. The van der Waals surface area contributed by atoms with Crippen LogP contribution < -0.4 is 0 Å². The van der Waals surface area contributed by atoms with Gasteiger partial charge in [-0.3, -0.25) is 0 Å². The summed E-state index contributed by atoms with van der Waals surface area (Å²) in [6, 6.07) is 6.32. The maximum absolute atomic E-state index is 5.75. The first-order valence-corrected chi connectivity index (χ1v) is 5.73. The van der Waals surface area contributed by atoms with E-state index in [0.29, 0.717) is 5.88 Å². The van der Waals surface area contributed by atoms with Crippen molar-refractivity contribution in [2.45, 2.75) is 5.88 Å². The van der Waals surface area contributed by atoms with Gasteiger partial charge in [-0.25, -0.2) is 0 Å². The smallest absolute Gasteiger partial charge is 0.0485 e. The molecule has 0 saturated carbocycles. The molecule has 0 aliphatic heterocycles. The van der Waals surface area contributed by atoms with Crippen LogP contribution in [0.25, 0.3) is 10.1 Å². The predicted octanol–water partition coefficient (Wildman–Crippen LogP) is 4.40. The first-order chi connectivity index (χ1) is 5.81. The van der Waals surface area contributed by atoms with Crippen molar-refractivity contribution < 1.29 is 0 Å². The summed E-state index contributed by atoms with van der Waals surface area (Å²) < 4.78 is 2.44. The maximum atomic E-state index is 5.75. The number of benzene rings is 1. The molecule has 62 valence electrons. The second-order valence-electron chi connectivity index (χ2n) is 2.55. The molecule has 0 atom stereocenters. The summed E-state index contributed by atoms with van der Waals surface area (Å²) in [5.41, 5.74) is 1.16. The Balaban J connectivity index is 2.75. The summed E-state index contributed by atoms with van der Waals surface area (Å²) in [7, 11) is 0. The lowest BCUT2D eigenvalue weighted by Gasteiger charge is -1.98. The highest BCUT2D eigenvalue weighted by atomic mass is 79.9. The van der Waals surface area contributed by atoms with Crippen molar-refractivity contribution in [3.05, 3.63) is 33.6 Å². The highest BCUT2D eigenvalue weighted by Crippen LogP contribution is 2.30. The van der Waals surface area contributed by atoms with Crippen molar-refractivity contribution in [1.82, 2.24) is 0 Å². The molecule has 0 nitrogen and oxygen atoms in total.